The Kier molecular flexibility index (Phi) is 6.07. The lowest BCUT2D eigenvalue weighted by molar-refractivity contribution is 0.0949. The fourth-order valence-electron chi connectivity index (χ4n) is 3.35. The third-order valence-electron chi connectivity index (χ3n) is 5.09. The first-order valence-electron chi connectivity index (χ1n) is 10.1. The van der Waals surface area contributed by atoms with Gasteiger partial charge in [0.25, 0.3) is 11.5 Å². The first kappa shape index (κ1) is 21.0. The Morgan fingerprint density at radius 2 is 1.62 bits per heavy atom. The summed E-state index contributed by atoms with van der Waals surface area (Å²) in [4.78, 5) is 25.9. The van der Waals surface area contributed by atoms with Crippen LogP contribution in [0.3, 0.4) is 0 Å². The van der Waals surface area contributed by atoms with E-state index in [-0.39, 0.29) is 17.8 Å². The molecule has 0 unspecified atom stereocenters. The van der Waals surface area contributed by atoms with Crippen molar-refractivity contribution in [2.45, 2.75) is 13.5 Å². The van der Waals surface area contributed by atoms with Gasteiger partial charge in [0.05, 0.1) is 24.8 Å². The largest absolute Gasteiger partial charge is 0.497 e. The van der Waals surface area contributed by atoms with Gasteiger partial charge in [0, 0.05) is 5.39 Å². The molecule has 0 spiro atoms. The van der Waals surface area contributed by atoms with E-state index in [2.05, 4.69) is 15.6 Å². The number of nitrogens with zero attached hydrogens (tertiary/aromatic N) is 3. The number of carbonyl (C=O) groups is 1. The van der Waals surface area contributed by atoms with Crippen LogP contribution in [0, 0.1) is 0 Å². The van der Waals surface area contributed by atoms with Crippen molar-refractivity contribution in [3.05, 3.63) is 106 Å². The van der Waals surface area contributed by atoms with E-state index in [4.69, 9.17) is 4.74 Å². The molecular formula is C25H22N4O3. The summed E-state index contributed by atoms with van der Waals surface area (Å²) < 4.78 is 6.48. The Hall–Kier alpha value is -4.26. The average Bonchev–Trinajstić information content (AvgIpc) is 2.84. The fourth-order valence-corrected chi connectivity index (χ4v) is 3.35. The van der Waals surface area contributed by atoms with Gasteiger partial charge in [-0.2, -0.15) is 10.2 Å². The molecular weight excluding hydrogens is 404 g/mol. The van der Waals surface area contributed by atoms with Gasteiger partial charge in [0.2, 0.25) is 0 Å². The molecule has 4 rings (SSSR count). The quantitative estimate of drug-likeness (QED) is 0.377. The molecule has 3 aromatic carbocycles. The first-order valence-corrected chi connectivity index (χ1v) is 10.1. The molecule has 7 heteroatoms. The Balaban J connectivity index is 1.67. The predicted octanol–water partition coefficient (Wildman–Crippen LogP) is 3.61. The van der Waals surface area contributed by atoms with Gasteiger partial charge in [-0.05, 0) is 48.4 Å². The summed E-state index contributed by atoms with van der Waals surface area (Å²) in [7, 11) is 1.60. The number of benzene rings is 3. The summed E-state index contributed by atoms with van der Waals surface area (Å²) in [6, 6.07) is 23.8. The van der Waals surface area contributed by atoms with Crippen LogP contribution in [0.25, 0.3) is 10.8 Å². The highest BCUT2D eigenvalue weighted by atomic mass is 16.5. The van der Waals surface area contributed by atoms with Gasteiger partial charge >= 0.3 is 0 Å². The van der Waals surface area contributed by atoms with Crippen molar-refractivity contribution >= 4 is 22.4 Å². The number of aromatic nitrogens is 2. The number of hydrazone groups is 1. The second-order valence-electron chi connectivity index (χ2n) is 7.21. The monoisotopic (exact) mass is 426 g/mol. The minimum Gasteiger partial charge on any atom is -0.497 e. The standard InChI is InChI=1S/C25H22N4O3/c1-17(19-12-14-20(32-2)15-13-19)26-27-24(30)23-21-10-6-7-11-22(21)25(31)29(28-23)16-18-8-4-3-5-9-18/h3-15H,16H2,1-2H3,(H,27,30)/b26-17+. The summed E-state index contributed by atoms with van der Waals surface area (Å²) in [5.41, 5.74) is 4.85. The van der Waals surface area contributed by atoms with E-state index in [1.807, 2.05) is 54.6 Å². The molecule has 7 nitrogen and oxygen atoms in total. The fraction of sp³-hybridized carbons (Fsp3) is 0.120. The van der Waals surface area contributed by atoms with Crippen LogP contribution in [0.5, 0.6) is 5.75 Å². The van der Waals surface area contributed by atoms with Crippen LogP contribution in [0.2, 0.25) is 0 Å². The lowest BCUT2D eigenvalue weighted by Gasteiger charge is -2.10. The molecule has 1 aromatic heterocycles. The van der Waals surface area contributed by atoms with Crippen LogP contribution < -0.4 is 15.7 Å². The maximum absolute atomic E-state index is 13.0. The van der Waals surface area contributed by atoms with E-state index in [9.17, 15) is 9.59 Å². The molecule has 0 aliphatic heterocycles. The highest BCUT2D eigenvalue weighted by molar-refractivity contribution is 6.06. The molecule has 0 saturated carbocycles. The van der Waals surface area contributed by atoms with Crippen LogP contribution in [-0.4, -0.2) is 28.5 Å². The number of methoxy groups -OCH3 is 1. The zero-order valence-electron chi connectivity index (χ0n) is 17.8. The summed E-state index contributed by atoms with van der Waals surface area (Å²) in [6.45, 7) is 2.06. The van der Waals surface area contributed by atoms with E-state index in [1.54, 1.807) is 38.3 Å². The van der Waals surface area contributed by atoms with Crippen molar-refractivity contribution in [1.82, 2.24) is 15.2 Å². The number of carbonyl (C=O) groups excluding carboxylic acids is 1. The Morgan fingerprint density at radius 3 is 2.31 bits per heavy atom. The van der Waals surface area contributed by atoms with Gasteiger partial charge in [-0.3, -0.25) is 9.59 Å². The molecule has 1 heterocycles. The summed E-state index contributed by atoms with van der Waals surface area (Å²) in [5.74, 6) is 0.248. The molecule has 4 aromatic rings. The molecule has 1 N–H and O–H groups in total. The molecule has 0 aliphatic carbocycles. The van der Waals surface area contributed by atoms with Gasteiger partial charge in [-0.15, -0.1) is 0 Å². The lowest BCUT2D eigenvalue weighted by atomic mass is 10.1. The second-order valence-corrected chi connectivity index (χ2v) is 7.21. The average molecular weight is 426 g/mol. The van der Waals surface area contributed by atoms with Crippen molar-refractivity contribution in [2.75, 3.05) is 7.11 Å². The molecule has 160 valence electrons. The van der Waals surface area contributed by atoms with Gasteiger partial charge < -0.3 is 4.74 Å². The van der Waals surface area contributed by atoms with Gasteiger partial charge in [0.1, 0.15) is 5.75 Å². The molecule has 1 amide bonds. The first-order chi connectivity index (χ1) is 15.6. The Morgan fingerprint density at radius 1 is 0.969 bits per heavy atom. The maximum Gasteiger partial charge on any atom is 0.292 e. The molecule has 0 atom stereocenters. The molecule has 0 aliphatic rings. The van der Waals surface area contributed by atoms with Gasteiger partial charge in [-0.25, -0.2) is 10.1 Å². The third kappa shape index (κ3) is 4.41. The minimum atomic E-state index is -0.490. The smallest absolute Gasteiger partial charge is 0.292 e. The summed E-state index contributed by atoms with van der Waals surface area (Å²) in [5, 5.41) is 9.51. The second kappa shape index (κ2) is 9.26. The summed E-state index contributed by atoms with van der Waals surface area (Å²) in [6.07, 6.45) is 0. The lowest BCUT2D eigenvalue weighted by Crippen LogP contribution is -2.29. The van der Waals surface area contributed by atoms with Gasteiger partial charge in [0.15, 0.2) is 5.69 Å². The van der Waals surface area contributed by atoms with E-state index in [0.717, 1.165) is 16.9 Å². The number of amides is 1. The van der Waals surface area contributed by atoms with Crippen molar-refractivity contribution in [1.29, 1.82) is 0 Å². The summed E-state index contributed by atoms with van der Waals surface area (Å²) >= 11 is 0. The van der Waals surface area contributed by atoms with Gasteiger partial charge in [-0.1, -0.05) is 48.5 Å². The Labute approximate surface area is 185 Å². The zero-order chi connectivity index (χ0) is 22.5. The number of rotatable bonds is 6. The molecule has 0 bridgehead atoms. The number of ether oxygens (including phenoxy) is 1. The number of hydrogen-bond donors (Lipinski definition) is 1. The van der Waals surface area contributed by atoms with Crippen molar-refractivity contribution in [3.63, 3.8) is 0 Å². The van der Waals surface area contributed by atoms with E-state index >= 15 is 0 Å². The highest BCUT2D eigenvalue weighted by Crippen LogP contribution is 2.15. The normalized spacial score (nSPS) is 11.4. The van der Waals surface area contributed by atoms with Crippen molar-refractivity contribution < 1.29 is 9.53 Å². The molecule has 0 radical (unpaired) electrons. The van der Waals surface area contributed by atoms with Crippen LogP contribution >= 0.6 is 0 Å². The van der Waals surface area contributed by atoms with Crippen LogP contribution in [-0.2, 0) is 6.54 Å². The highest BCUT2D eigenvalue weighted by Gasteiger charge is 2.17. The van der Waals surface area contributed by atoms with E-state index < -0.39 is 5.91 Å². The van der Waals surface area contributed by atoms with Crippen molar-refractivity contribution in [2.24, 2.45) is 5.10 Å². The molecule has 32 heavy (non-hydrogen) atoms. The van der Waals surface area contributed by atoms with Crippen LogP contribution in [0.1, 0.15) is 28.5 Å². The number of nitrogens with one attached hydrogen (secondary N) is 1. The van der Waals surface area contributed by atoms with E-state index in [0.29, 0.717) is 16.5 Å². The number of fused-ring (bicyclic) bond motifs is 1. The van der Waals surface area contributed by atoms with Crippen molar-refractivity contribution in [3.8, 4) is 5.75 Å². The Bertz CT molecular complexity index is 1340. The van der Waals surface area contributed by atoms with Crippen LogP contribution in [0.4, 0.5) is 0 Å². The molecule has 0 saturated heterocycles. The van der Waals surface area contributed by atoms with E-state index in [1.165, 1.54) is 4.68 Å². The van der Waals surface area contributed by atoms with Crippen LogP contribution in [0.15, 0.2) is 88.8 Å². The topological polar surface area (TPSA) is 85.6 Å². The maximum atomic E-state index is 13.0. The number of hydrogen-bond acceptors (Lipinski definition) is 5. The predicted molar refractivity (Wildman–Crippen MR) is 124 cm³/mol. The zero-order valence-corrected chi connectivity index (χ0v) is 17.8. The SMILES string of the molecule is COc1ccc(/C(C)=N/NC(=O)c2nn(Cc3ccccc3)c(=O)c3ccccc23)cc1. The molecule has 0 fully saturated rings. The minimum absolute atomic E-state index is 0.141. The third-order valence-corrected chi connectivity index (χ3v) is 5.09.